The fourth-order valence-corrected chi connectivity index (χ4v) is 7.79. The number of fused-ring (bicyclic) bond motifs is 3. The van der Waals surface area contributed by atoms with E-state index in [2.05, 4.69) is 30.8 Å². The van der Waals surface area contributed by atoms with E-state index in [9.17, 15) is 18.8 Å². The Labute approximate surface area is 296 Å². The third-order valence-electron chi connectivity index (χ3n) is 10.5. The van der Waals surface area contributed by atoms with E-state index in [1.54, 1.807) is 4.90 Å². The number of benzene rings is 1. The van der Waals surface area contributed by atoms with E-state index in [4.69, 9.17) is 19.2 Å². The van der Waals surface area contributed by atoms with E-state index < -0.39 is 17.8 Å². The Morgan fingerprint density at radius 2 is 1.73 bits per heavy atom. The van der Waals surface area contributed by atoms with E-state index in [1.807, 2.05) is 52.0 Å². The van der Waals surface area contributed by atoms with Crippen molar-refractivity contribution in [3.05, 3.63) is 66.1 Å². The predicted molar refractivity (Wildman–Crippen MR) is 186 cm³/mol. The molecule has 4 fully saturated rings. The van der Waals surface area contributed by atoms with Gasteiger partial charge < -0.3 is 34.2 Å². The Hall–Kier alpha value is -4.88. The van der Waals surface area contributed by atoms with E-state index >= 15 is 0 Å². The summed E-state index contributed by atoms with van der Waals surface area (Å²) < 4.78 is 32.7. The van der Waals surface area contributed by atoms with Gasteiger partial charge in [-0.3, -0.25) is 4.79 Å². The molecule has 3 amide bonds. The van der Waals surface area contributed by atoms with Gasteiger partial charge in [-0.05, 0) is 55.9 Å². The van der Waals surface area contributed by atoms with Crippen molar-refractivity contribution in [2.24, 2.45) is 5.92 Å². The number of rotatable bonds is 10. The Balaban J connectivity index is 0.967. The number of carbonyl (C=O) groups is 3. The second kappa shape index (κ2) is 14.8. The van der Waals surface area contributed by atoms with Crippen LogP contribution in [0.3, 0.4) is 0 Å². The second-order valence-electron chi connectivity index (χ2n) is 14.5. The summed E-state index contributed by atoms with van der Waals surface area (Å²) in [4.78, 5) is 47.5. The van der Waals surface area contributed by atoms with E-state index in [1.165, 1.54) is 4.90 Å². The number of hydrogen-bond acceptors (Lipinski definition) is 9. The maximum atomic E-state index is 13.2. The number of piperidine rings is 2. The first kappa shape index (κ1) is 34.6. The lowest BCUT2D eigenvalue weighted by Gasteiger charge is -2.42. The molecule has 4 aliphatic heterocycles. The van der Waals surface area contributed by atoms with Crippen LogP contribution < -0.4 is 10.1 Å². The van der Waals surface area contributed by atoms with Gasteiger partial charge in [-0.15, -0.1) is 0 Å². The third-order valence-corrected chi connectivity index (χ3v) is 10.5. The molecular weight excluding hydrogens is 657 g/mol. The highest BCUT2D eigenvalue weighted by Gasteiger charge is 2.45. The topological polar surface area (TPSA) is 131 Å². The van der Waals surface area contributed by atoms with Crippen LogP contribution >= 0.6 is 0 Å². The van der Waals surface area contributed by atoms with Crippen molar-refractivity contribution >= 4 is 29.6 Å². The molecule has 0 spiro atoms. The summed E-state index contributed by atoms with van der Waals surface area (Å²) in [6.45, 7) is 9.56. The normalized spacial score (nSPS) is 23.3. The molecule has 14 heteroatoms. The molecule has 272 valence electrons. The van der Waals surface area contributed by atoms with Crippen LogP contribution in [0.2, 0.25) is 0 Å². The van der Waals surface area contributed by atoms with Gasteiger partial charge in [-0.1, -0.05) is 50.8 Å². The zero-order chi connectivity index (χ0) is 35.6. The van der Waals surface area contributed by atoms with E-state index in [0.29, 0.717) is 31.4 Å². The van der Waals surface area contributed by atoms with Gasteiger partial charge in [0.2, 0.25) is 5.88 Å². The van der Waals surface area contributed by atoms with E-state index in [-0.39, 0.29) is 56.0 Å². The van der Waals surface area contributed by atoms with Crippen molar-refractivity contribution < 1.29 is 33.0 Å². The first-order valence-corrected chi connectivity index (χ1v) is 18.0. The maximum Gasteiger partial charge on any atom is 0.410 e. The quantitative estimate of drug-likeness (QED) is 0.272. The monoisotopic (exact) mass is 703 g/mol. The molecule has 0 saturated carbocycles. The van der Waals surface area contributed by atoms with Crippen LogP contribution in [0.1, 0.15) is 69.4 Å². The minimum Gasteiger partial charge on any atom is -0.472 e. The van der Waals surface area contributed by atoms with Crippen molar-refractivity contribution in [1.29, 1.82) is 0 Å². The molecule has 2 aromatic heterocycles. The number of likely N-dealkylation sites (tertiary alicyclic amines) is 2. The summed E-state index contributed by atoms with van der Waals surface area (Å²) in [5, 5.41) is 8.28. The summed E-state index contributed by atoms with van der Waals surface area (Å²) in [5.74, 6) is 0.00287. The lowest BCUT2D eigenvalue weighted by molar-refractivity contribution is -0.139. The molecule has 0 aliphatic carbocycles. The van der Waals surface area contributed by atoms with Gasteiger partial charge in [0, 0.05) is 36.8 Å². The van der Waals surface area contributed by atoms with Crippen LogP contribution in [0, 0.1) is 5.92 Å². The summed E-state index contributed by atoms with van der Waals surface area (Å²) in [5.41, 5.74) is 2.68. The largest absolute Gasteiger partial charge is 0.472 e. The maximum absolute atomic E-state index is 13.2. The second-order valence-corrected chi connectivity index (χ2v) is 14.5. The van der Waals surface area contributed by atoms with Crippen molar-refractivity contribution in [2.75, 3.05) is 38.0 Å². The molecule has 2 bridgehead atoms. The third kappa shape index (κ3) is 7.59. The highest BCUT2D eigenvalue weighted by molar-refractivity contribution is 5.91. The zero-order valence-corrected chi connectivity index (χ0v) is 29.2. The number of carbonyl (C=O) groups excluding carboxylic acids is 3. The van der Waals surface area contributed by atoms with Gasteiger partial charge in [0.25, 0.3) is 5.91 Å². The summed E-state index contributed by atoms with van der Waals surface area (Å²) in [6.07, 6.45) is 5.57. The number of hydrogen-bond donors (Lipinski definition) is 1. The van der Waals surface area contributed by atoms with Crippen LogP contribution in [-0.4, -0.2) is 104 Å². The smallest absolute Gasteiger partial charge is 0.410 e. The molecular formula is C37H46FN7O6. The van der Waals surface area contributed by atoms with Crippen molar-refractivity contribution in [2.45, 2.75) is 89.2 Å². The van der Waals surface area contributed by atoms with E-state index in [0.717, 1.165) is 61.1 Å². The number of halogens is 1. The lowest BCUT2D eigenvalue weighted by Crippen LogP contribution is -2.57. The molecule has 13 nitrogen and oxygen atoms in total. The molecule has 3 atom stereocenters. The first-order chi connectivity index (χ1) is 24.6. The summed E-state index contributed by atoms with van der Waals surface area (Å²) in [7, 11) is 0. The van der Waals surface area contributed by atoms with Crippen LogP contribution in [-0.2, 0) is 20.9 Å². The van der Waals surface area contributed by atoms with Gasteiger partial charge in [-0.25, -0.2) is 14.0 Å². The minimum absolute atomic E-state index is 0.0775. The lowest BCUT2D eigenvalue weighted by atomic mass is 9.91. The number of nitrogens with zero attached hydrogens (tertiary/aromatic N) is 6. The van der Waals surface area contributed by atoms with Crippen LogP contribution in [0.5, 0.6) is 5.88 Å². The highest BCUT2D eigenvalue weighted by Crippen LogP contribution is 2.40. The van der Waals surface area contributed by atoms with Crippen molar-refractivity contribution in [3.8, 4) is 5.88 Å². The Kier molecular flexibility index (Phi) is 10.0. The molecule has 1 N–H and O–H groups in total. The fourth-order valence-electron chi connectivity index (χ4n) is 7.79. The minimum atomic E-state index is -1.01. The molecule has 4 saturated heterocycles. The van der Waals surface area contributed by atoms with Crippen LogP contribution in [0.4, 0.5) is 19.8 Å². The molecule has 6 heterocycles. The number of ether oxygens (including phenoxy) is 3. The summed E-state index contributed by atoms with van der Waals surface area (Å²) in [6, 6.07) is 11.7. The SMILES string of the molecule is C=C(F)C(=O)N1CC(OC(=O)N2C3CCC2CC(CNc2cc(O[C@@H]4CCCN(C(=O)OCc5ccccc5)C4)nc4c(C(C)C)cnn24)C3)C1. The van der Waals surface area contributed by atoms with Crippen LogP contribution in [0.25, 0.3) is 5.65 Å². The molecule has 51 heavy (non-hydrogen) atoms. The van der Waals surface area contributed by atoms with Crippen molar-refractivity contribution in [1.82, 2.24) is 29.3 Å². The first-order valence-electron chi connectivity index (χ1n) is 18.0. The number of nitrogens with one attached hydrogen (secondary N) is 1. The average molecular weight is 704 g/mol. The predicted octanol–water partition coefficient (Wildman–Crippen LogP) is 5.52. The number of anilines is 1. The standard InChI is InChI=1S/C37H46FN7O6/c1-23(2)31-18-40-45-32(16-33(41-34(31)45)50-29-10-7-13-42(19-29)36(47)49-22-25-8-5-4-6-9-25)39-17-26-14-27-11-12-28(15-26)44(27)37(48)51-30-20-43(21-30)35(46)24(3)38/h4-6,8-9,16,18,23,26-30,39H,3,7,10-15,17,19-22H2,1-2H3/t26?,27?,28?,29-/m1/s1. The molecule has 1 aromatic carbocycles. The Bertz CT molecular complexity index is 1750. The number of aromatic nitrogens is 3. The molecule has 2 unspecified atom stereocenters. The average Bonchev–Trinajstić information content (AvgIpc) is 3.66. The highest BCUT2D eigenvalue weighted by atomic mass is 19.1. The Morgan fingerprint density at radius 1 is 1.00 bits per heavy atom. The molecule has 3 aromatic rings. The fraction of sp³-hybridized carbons (Fsp3) is 0.541. The zero-order valence-electron chi connectivity index (χ0n) is 29.2. The molecule has 4 aliphatic rings. The molecule has 0 radical (unpaired) electrons. The van der Waals surface area contributed by atoms with Crippen molar-refractivity contribution in [3.63, 3.8) is 0 Å². The van der Waals surface area contributed by atoms with Gasteiger partial charge in [0.05, 0.1) is 25.8 Å². The van der Waals surface area contributed by atoms with Gasteiger partial charge in [0.1, 0.15) is 24.6 Å². The summed E-state index contributed by atoms with van der Waals surface area (Å²) >= 11 is 0. The number of amides is 3. The Morgan fingerprint density at radius 3 is 2.43 bits per heavy atom. The van der Waals surface area contributed by atoms with Gasteiger partial charge in [0.15, 0.2) is 11.5 Å². The van der Waals surface area contributed by atoms with Gasteiger partial charge >= 0.3 is 12.2 Å². The molecule has 7 rings (SSSR count). The van der Waals surface area contributed by atoms with Gasteiger partial charge in [-0.2, -0.15) is 14.6 Å². The van der Waals surface area contributed by atoms with Crippen LogP contribution in [0.15, 0.2) is 55.0 Å².